The zero-order chi connectivity index (χ0) is 54.5. The monoisotopic (exact) mass is 1100 g/mol. The molecule has 34 nitrogen and oxygen atoms in total. The van der Waals surface area contributed by atoms with E-state index >= 15 is 0 Å². The summed E-state index contributed by atoms with van der Waals surface area (Å²) < 4.78 is 78.8. The molecule has 0 aromatic heterocycles. The Balaban J connectivity index is 1.07. The van der Waals surface area contributed by atoms with E-state index in [9.17, 15) is 102 Å². The Hall–Kier alpha value is -1.94. The minimum atomic E-state index is -2.20. The van der Waals surface area contributed by atoms with E-state index in [1.54, 1.807) is 0 Å². The quantitative estimate of drug-likeness (QED) is 0.117. The minimum absolute atomic E-state index is 0.656. The highest BCUT2D eigenvalue weighted by Crippen LogP contribution is 2.38. The maximum atomic E-state index is 11.3. The second-order valence-electron chi connectivity index (χ2n) is 18.9. The number of rotatable bonds is 6. The molecule has 0 aromatic carbocycles. The van der Waals surface area contributed by atoms with Crippen LogP contribution < -0.4 is 0 Å². The van der Waals surface area contributed by atoms with Gasteiger partial charge in [-0.3, -0.25) is 0 Å². The molecule has 8 saturated heterocycles. The maximum Gasteiger partial charge on any atom is 0.229 e. The largest absolute Gasteiger partial charge is 0.466 e. The second-order valence-corrected chi connectivity index (χ2v) is 18.9. The lowest BCUT2D eigenvalue weighted by molar-refractivity contribution is -0.396. The zero-order valence-electron chi connectivity index (χ0n) is 39.0. The Bertz CT molecular complexity index is 1830. The van der Waals surface area contributed by atoms with E-state index in [1.165, 1.54) is 0 Å². The molecule has 0 spiro atoms. The van der Waals surface area contributed by atoms with Gasteiger partial charge in [0.1, 0.15) is 165 Å². The predicted molar refractivity (Wildman–Crippen MR) is 222 cm³/mol. The van der Waals surface area contributed by atoms with Gasteiger partial charge in [-0.25, -0.2) is 0 Å². The van der Waals surface area contributed by atoms with Crippen molar-refractivity contribution in [2.75, 3.05) is 39.6 Å². The van der Waals surface area contributed by atoms with E-state index in [0.717, 1.165) is 0 Å². The molecule has 34 heteroatoms. The van der Waals surface area contributed by atoms with E-state index in [0.29, 0.717) is 6.26 Å². The van der Waals surface area contributed by atoms with Gasteiger partial charge in [0.15, 0.2) is 37.2 Å². The first-order valence-corrected chi connectivity index (χ1v) is 23.8. The molecular weight excluding hydrogens is 1040 g/mol. The summed E-state index contributed by atoms with van der Waals surface area (Å²) in [4.78, 5) is 0. The van der Waals surface area contributed by atoms with Crippen LogP contribution in [0.5, 0.6) is 0 Å². The van der Waals surface area contributed by atoms with Crippen molar-refractivity contribution < 1.29 is 168 Å². The van der Waals surface area contributed by atoms with Crippen molar-refractivity contribution in [3.63, 3.8) is 0 Å². The number of aliphatic hydroxyl groups is 20. The van der Waals surface area contributed by atoms with Gasteiger partial charge in [0, 0.05) is 0 Å². The first-order valence-electron chi connectivity index (χ1n) is 23.8. The molecule has 0 aromatic rings. The number of hydrogen-bond donors (Lipinski definition) is 20. The summed E-state index contributed by atoms with van der Waals surface area (Å²) in [7, 11) is 0. The van der Waals surface area contributed by atoms with E-state index < -0.39 is 248 Å². The molecule has 20 N–H and O–H groups in total. The third-order valence-corrected chi connectivity index (χ3v) is 14.1. The minimum Gasteiger partial charge on any atom is -0.466 e. The Kier molecular flexibility index (Phi) is 19.6. The molecule has 21 aliphatic rings. The van der Waals surface area contributed by atoms with Crippen LogP contribution in [0.25, 0.3) is 0 Å². The van der Waals surface area contributed by atoms with Gasteiger partial charge in [-0.1, -0.05) is 0 Å². The van der Waals surface area contributed by atoms with Gasteiger partial charge in [-0.2, -0.15) is 0 Å². The molecule has 20 unspecified atom stereocenters. The third kappa shape index (κ3) is 11.5. The lowest BCUT2D eigenvalue weighted by Gasteiger charge is -2.50. The zero-order valence-corrected chi connectivity index (χ0v) is 39.0. The average molecular weight is 1100 g/mol. The molecule has 14 bridgehead atoms. The molecule has 33 atom stereocenters. The molecule has 0 amide bonds. The summed E-state index contributed by atoms with van der Waals surface area (Å²) in [6, 6.07) is 0. The Morgan fingerprint density at radius 1 is 0.253 bits per heavy atom. The van der Waals surface area contributed by atoms with Crippen LogP contribution in [-0.4, -0.2) is 345 Å². The van der Waals surface area contributed by atoms with Crippen LogP contribution in [0.2, 0.25) is 0 Å². The number of hydrogen-bond acceptors (Lipinski definition) is 34. The second kappa shape index (κ2) is 24.8. The third-order valence-electron chi connectivity index (χ3n) is 14.1. The fourth-order valence-corrected chi connectivity index (χ4v) is 9.86. The van der Waals surface area contributed by atoms with Crippen molar-refractivity contribution >= 4 is 0 Å². The average Bonchev–Trinajstić information content (AvgIpc) is 3.40. The van der Waals surface area contributed by atoms with Crippen molar-refractivity contribution in [3.05, 3.63) is 12.0 Å². The van der Waals surface area contributed by atoms with Crippen molar-refractivity contribution in [3.8, 4) is 0 Å². The van der Waals surface area contributed by atoms with Gasteiger partial charge in [0.2, 0.25) is 12.6 Å². The molecule has 8 fully saturated rings. The highest BCUT2D eigenvalue weighted by atomic mass is 16.8. The van der Waals surface area contributed by atoms with Crippen molar-refractivity contribution in [2.45, 2.75) is 203 Å². The van der Waals surface area contributed by atoms with Gasteiger partial charge in [-0.15, -0.1) is 0 Å². The van der Waals surface area contributed by atoms with Gasteiger partial charge in [0.25, 0.3) is 0 Å². The Labute approximate surface area is 422 Å². The Morgan fingerprint density at radius 3 is 0.707 bits per heavy atom. The van der Waals surface area contributed by atoms with Gasteiger partial charge in [0.05, 0.1) is 39.6 Å². The van der Waals surface area contributed by atoms with Crippen LogP contribution >= 0.6 is 0 Å². The van der Waals surface area contributed by atoms with E-state index in [4.69, 9.17) is 66.3 Å². The van der Waals surface area contributed by atoms with Crippen molar-refractivity contribution in [2.24, 2.45) is 0 Å². The summed E-state index contributed by atoms with van der Waals surface area (Å²) in [5, 5.41) is 219. The van der Waals surface area contributed by atoms with E-state index in [-0.39, 0.29) is 0 Å². The lowest BCUT2D eigenvalue weighted by Crippen LogP contribution is -2.68. The smallest absolute Gasteiger partial charge is 0.229 e. The van der Waals surface area contributed by atoms with Gasteiger partial charge in [-0.05, 0) is 0 Å². The first-order chi connectivity index (χ1) is 35.7. The van der Waals surface area contributed by atoms with E-state index in [1.807, 2.05) is 0 Å². The summed E-state index contributed by atoms with van der Waals surface area (Å²) >= 11 is 0. The normalized spacial score (nSPS) is 54.2. The van der Waals surface area contributed by atoms with Crippen LogP contribution in [-0.2, 0) is 66.3 Å². The van der Waals surface area contributed by atoms with E-state index in [2.05, 4.69) is 0 Å². The first kappa shape index (κ1) is 59.2. The number of aliphatic hydroxyl groups excluding tert-OH is 20. The molecule has 434 valence electrons. The maximum absolute atomic E-state index is 11.3. The highest BCUT2D eigenvalue weighted by Gasteiger charge is 2.58. The Morgan fingerprint density at radius 2 is 0.467 bits per heavy atom. The topological polar surface area (TPSA) is 534 Å². The van der Waals surface area contributed by atoms with Crippen molar-refractivity contribution in [1.82, 2.24) is 0 Å². The number of ether oxygens (including phenoxy) is 14. The summed E-state index contributed by atoms with van der Waals surface area (Å²) in [5.41, 5.74) is 0. The standard InChI is InChI=1S/C41H66O34/c42-1-8-29-17(50)24(57)37(64-8)72-31-10(3-44)66-39(26(59)19(31)52)74-33-12(5-46)68-41(28(61)21(33)54)75-34-13(6-47)67-40(27(60)20(34)53)73-32-11(4-45)65-38(25(58)18(32)51)71-30-9(2-43)63-36(23(56)16(30)49)69-14-7-62-35(70-29)22(55)15(14)48/h7-13,15-61H,1-6H2/t8?,9?,10?,11?,12?,13?,15?,16?,17?,18?,19?,20?,21?,22?,23?,24?,25?,26?,27?,28?,29-,30-,31-,32-,33-,34-,35-,36-,37-,38-,39-,40-,41-/m1/s1. The molecule has 21 rings (SSSR count). The summed E-state index contributed by atoms with van der Waals surface area (Å²) in [5.74, 6) is -0.682. The molecule has 0 saturated carbocycles. The fraction of sp³-hybridized carbons (Fsp3) is 0.951. The fourth-order valence-electron chi connectivity index (χ4n) is 9.86. The molecule has 0 aliphatic carbocycles. The van der Waals surface area contributed by atoms with Gasteiger partial charge >= 0.3 is 0 Å². The predicted octanol–water partition coefficient (Wildman–Crippen LogP) is -14.1. The lowest BCUT2D eigenvalue weighted by atomic mass is 9.95. The van der Waals surface area contributed by atoms with Crippen molar-refractivity contribution in [1.29, 1.82) is 0 Å². The van der Waals surface area contributed by atoms with Crippen LogP contribution in [0.1, 0.15) is 0 Å². The molecular formula is C41H66O34. The highest BCUT2D eigenvalue weighted by molar-refractivity contribution is 5.07. The molecule has 0 radical (unpaired) electrons. The molecule has 75 heavy (non-hydrogen) atoms. The summed E-state index contributed by atoms with van der Waals surface area (Å²) in [6.07, 6.45) is -65.0. The van der Waals surface area contributed by atoms with Crippen LogP contribution in [0.15, 0.2) is 12.0 Å². The van der Waals surface area contributed by atoms with Crippen LogP contribution in [0.3, 0.4) is 0 Å². The van der Waals surface area contributed by atoms with Gasteiger partial charge < -0.3 is 168 Å². The molecule has 21 heterocycles. The molecule has 21 aliphatic heterocycles. The SMILES string of the molecule is OCC1O[C@@H]2O[C@@H]3C(CO)O[C@H](O[C@@H]4C(CO)O[C@H](O[C@@H]5C(CO)O[C@H](O[C@@H]6C(CO)O[C@H](O[C@@H]7C(CO)O[C@H](OC8=CO[C@H](O[C@H]1C(O)C2O)C(O)C8O)C(O)C7O)C(O)C6O)C(O)C5O)C(O)C4O)C(O)C3O. The van der Waals surface area contributed by atoms with Crippen LogP contribution in [0, 0.1) is 0 Å². The van der Waals surface area contributed by atoms with Crippen LogP contribution in [0.4, 0.5) is 0 Å². The summed E-state index contributed by atoms with van der Waals surface area (Å²) in [6.45, 7) is -6.16.